The van der Waals surface area contributed by atoms with Crippen LogP contribution < -0.4 is 10.6 Å². The van der Waals surface area contributed by atoms with Crippen LogP contribution in [0.3, 0.4) is 0 Å². The number of likely N-dealkylation sites (N-methyl/N-ethyl adjacent to an activating group) is 1. The molecule has 152 valence electrons. The second kappa shape index (κ2) is 8.89. The number of benzene rings is 2. The van der Waals surface area contributed by atoms with Crippen LogP contribution in [0.5, 0.6) is 0 Å². The van der Waals surface area contributed by atoms with Gasteiger partial charge < -0.3 is 10.6 Å². The molecular formula is C24H29N3O2. The highest BCUT2D eigenvalue weighted by molar-refractivity contribution is 6.04. The fourth-order valence-electron chi connectivity index (χ4n) is 4.08. The van der Waals surface area contributed by atoms with E-state index in [-0.39, 0.29) is 5.91 Å². The topological polar surface area (TPSA) is 61.4 Å². The molecule has 1 heterocycles. The van der Waals surface area contributed by atoms with E-state index in [9.17, 15) is 9.59 Å². The van der Waals surface area contributed by atoms with E-state index in [2.05, 4.69) is 28.5 Å². The Hall–Kier alpha value is -2.50. The van der Waals surface area contributed by atoms with Crippen molar-refractivity contribution in [1.29, 1.82) is 0 Å². The van der Waals surface area contributed by atoms with Gasteiger partial charge in [-0.2, -0.15) is 0 Å². The summed E-state index contributed by atoms with van der Waals surface area (Å²) in [5.41, 5.74) is 3.93. The summed E-state index contributed by atoms with van der Waals surface area (Å²) in [6, 6.07) is 16.5. The largest absolute Gasteiger partial charge is 0.322 e. The highest BCUT2D eigenvalue weighted by Crippen LogP contribution is 2.40. The Balaban J connectivity index is 1.33. The summed E-state index contributed by atoms with van der Waals surface area (Å²) in [5, 5.41) is 6.48. The summed E-state index contributed by atoms with van der Waals surface area (Å²) >= 11 is 0. The molecular weight excluding hydrogens is 362 g/mol. The smallest absolute Gasteiger partial charge is 0.255 e. The first-order chi connectivity index (χ1) is 14.1. The van der Waals surface area contributed by atoms with Crippen LogP contribution in [-0.2, 0) is 11.3 Å². The zero-order chi connectivity index (χ0) is 20.2. The van der Waals surface area contributed by atoms with Crippen LogP contribution in [0.1, 0.15) is 53.6 Å². The lowest BCUT2D eigenvalue weighted by Gasteiger charge is -2.25. The Bertz CT molecular complexity index is 868. The molecule has 1 saturated heterocycles. The number of nitrogens with zero attached hydrogens (tertiary/aromatic N) is 1. The van der Waals surface area contributed by atoms with Crippen molar-refractivity contribution in [3.63, 3.8) is 0 Å². The molecule has 0 bridgehead atoms. The van der Waals surface area contributed by atoms with Gasteiger partial charge in [0.1, 0.15) is 5.78 Å². The predicted octanol–water partition coefficient (Wildman–Crippen LogP) is 3.57. The van der Waals surface area contributed by atoms with Gasteiger partial charge in [0.15, 0.2) is 0 Å². The molecule has 2 aliphatic rings. The molecule has 29 heavy (non-hydrogen) atoms. The molecule has 0 radical (unpaired) electrons. The third kappa shape index (κ3) is 5.11. The van der Waals surface area contributed by atoms with E-state index in [1.54, 1.807) is 0 Å². The third-order valence-corrected chi connectivity index (χ3v) is 5.87. The van der Waals surface area contributed by atoms with Gasteiger partial charge in [-0.05, 0) is 48.4 Å². The number of amides is 1. The highest BCUT2D eigenvalue weighted by Gasteiger charge is 2.37. The van der Waals surface area contributed by atoms with Gasteiger partial charge in [-0.15, -0.1) is 0 Å². The van der Waals surface area contributed by atoms with Gasteiger partial charge in [-0.1, -0.05) is 31.2 Å². The molecule has 0 spiro atoms. The zero-order valence-electron chi connectivity index (χ0n) is 17.0. The second-order valence-electron chi connectivity index (χ2n) is 8.10. The van der Waals surface area contributed by atoms with Gasteiger partial charge in [-0.3, -0.25) is 14.5 Å². The standard InChI is InChI=1S/C24H29N3O2/c1-2-25-23-15-22(23)18-4-3-5-19(14-18)24(29)26-20-8-6-17(7-9-20)16-27-12-10-21(28)11-13-27/h3-9,14,22-23,25H,2,10-13,15-16H2,1H3,(H,26,29). The highest BCUT2D eigenvalue weighted by atomic mass is 16.1. The number of carbonyl (C=O) groups is 2. The Kier molecular flexibility index (Phi) is 6.07. The lowest BCUT2D eigenvalue weighted by Crippen LogP contribution is -2.33. The second-order valence-corrected chi connectivity index (χ2v) is 8.10. The first-order valence-corrected chi connectivity index (χ1v) is 10.6. The quantitative estimate of drug-likeness (QED) is 0.758. The number of anilines is 1. The number of carbonyl (C=O) groups excluding carboxylic acids is 2. The maximum absolute atomic E-state index is 12.7. The van der Waals surface area contributed by atoms with Crippen LogP contribution in [-0.4, -0.2) is 42.3 Å². The van der Waals surface area contributed by atoms with Gasteiger partial charge >= 0.3 is 0 Å². The average molecular weight is 392 g/mol. The van der Waals surface area contributed by atoms with E-state index in [1.807, 2.05) is 42.5 Å². The van der Waals surface area contributed by atoms with E-state index in [0.29, 0.717) is 36.1 Å². The lowest BCUT2D eigenvalue weighted by atomic mass is 10.1. The maximum atomic E-state index is 12.7. The lowest BCUT2D eigenvalue weighted by molar-refractivity contribution is -0.121. The van der Waals surface area contributed by atoms with Gasteiger partial charge in [0.2, 0.25) is 0 Å². The van der Waals surface area contributed by atoms with Crippen molar-refractivity contribution in [3.05, 3.63) is 65.2 Å². The molecule has 2 N–H and O–H groups in total. The Morgan fingerprint density at radius 1 is 1.10 bits per heavy atom. The number of Topliss-reactive ketones (excluding diaryl/α,β-unsaturated/α-hetero) is 1. The maximum Gasteiger partial charge on any atom is 0.255 e. The molecule has 2 aromatic rings. The predicted molar refractivity (Wildman–Crippen MR) is 115 cm³/mol. The minimum atomic E-state index is -0.0743. The van der Waals surface area contributed by atoms with Crippen molar-refractivity contribution < 1.29 is 9.59 Å². The van der Waals surface area contributed by atoms with E-state index >= 15 is 0 Å². The Labute approximate surface area is 172 Å². The van der Waals surface area contributed by atoms with Crippen LogP contribution in [0.4, 0.5) is 5.69 Å². The third-order valence-electron chi connectivity index (χ3n) is 5.87. The fourth-order valence-corrected chi connectivity index (χ4v) is 4.08. The molecule has 1 amide bonds. The zero-order valence-corrected chi connectivity index (χ0v) is 17.0. The van der Waals surface area contributed by atoms with E-state index < -0.39 is 0 Å². The van der Waals surface area contributed by atoms with Crippen molar-refractivity contribution in [2.75, 3.05) is 25.0 Å². The molecule has 5 nitrogen and oxygen atoms in total. The molecule has 2 unspecified atom stereocenters. The van der Waals surface area contributed by atoms with E-state index in [0.717, 1.165) is 38.3 Å². The normalized spacial score (nSPS) is 21.8. The summed E-state index contributed by atoms with van der Waals surface area (Å²) in [4.78, 5) is 26.3. The molecule has 5 heteroatoms. The van der Waals surface area contributed by atoms with Gasteiger partial charge in [0, 0.05) is 55.7 Å². The number of ketones is 1. The Morgan fingerprint density at radius 2 is 1.86 bits per heavy atom. The van der Waals surface area contributed by atoms with Crippen molar-refractivity contribution in [2.24, 2.45) is 0 Å². The summed E-state index contributed by atoms with van der Waals surface area (Å²) in [6.45, 7) is 5.62. The number of hydrogen-bond acceptors (Lipinski definition) is 4. The van der Waals surface area contributed by atoms with Crippen LogP contribution >= 0.6 is 0 Å². The summed E-state index contributed by atoms with van der Waals surface area (Å²) in [5.74, 6) is 0.809. The number of nitrogens with one attached hydrogen (secondary N) is 2. The van der Waals surface area contributed by atoms with Crippen molar-refractivity contribution >= 4 is 17.4 Å². The van der Waals surface area contributed by atoms with Gasteiger partial charge in [0.05, 0.1) is 0 Å². The first kappa shape index (κ1) is 19.8. The fraction of sp³-hybridized carbons (Fsp3) is 0.417. The number of rotatable bonds is 7. The van der Waals surface area contributed by atoms with Gasteiger partial charge in [0.25, 0.3) is 5.91 Å². The molecule has 2 aromatic carbocycles. The molecule has 1 saturated carbocycles. The summed E-state index contributed by atoms with van der Waals surface area (Å²) in [6.07, 6.45) is 2.46. The van der Waals surface area contributed by atoms with Crippen LogP contribution in [0.25, 0.3) is 0 Å². The van der Waals surface area contributed by atoms with E-state index in [1.165, 1.54) is 11.1 Å². The van der Waals surface area contributed by atoms with E-state index in [4.69, 9.17) is 0 Å². The average Bonchev–Trinajstić information content (AvgIpc) is 3.51. The monoisotopic (exact) mass is 391 g/mol. The molecule has 1 aliphatic heterocycles. The minimum Gasteiger partial charge on any atom is -0.322 e. The van der Waals surface area contributed by atoms with Crippen molar-refractivity contribution in [2.45, 2.75) is 44.7 Å². The van der Waals surface area contributed by atoms with Crippen LogP contribution in [0.15, 0.2) is 48.5 Å². The van der Waals surface area contributed by atoms with Gasteiger partial charge in [-0.25, -0.2) is 0 Å². The molecule has 1 aliphatic carbocycles. The SMILES string of the molecule is CCNC1CC1c1cccc(C(=O)Nc2ccc(CN3CCC(=O)CC3)cc2)c1. The molecule has 4 rings (SSSR count). The number of likely N-dealkylation sites (tertiary alicyclic amines) is 1. The van der Waals surface area contributed by atoms with Crippen LogP contribution in [0.2, 0.25) is 0 Å². The minimum absolute atomic E-state index is 0.0743. The van der Waals surface area contributed by atoms with Crippen molar-refractivity contribution in [3.8, 4) is 0 Å². The number of piperidine rings is 1. The summed E-state index contributed by atoms with van der Waals surface area (Å²) in [7, 11) is 0. The molecule has 0 aromatic heterocycles. The Morgan fingerprint density at radius 3 is 2.59 bits per heavy atom. The van der Waals surface area contributed by atoms with Crippen molar-refractivity contribution in [1.82, 2.24) is 10.2 Å². The summed E-state index contributed by atoms with van der Waals surface area (Å²) < 4.78 is 0. The molecule has 2 atom stereocenters. The first-order valence-electron chi connectivity index (χ1n) is 10.6. The van der Waals surface area contributed by atoms with Crippen LogP contribution in [0, 0.1) is 0 Å². The number of hydrogen-bond donors (Lipinski definition) is 2. The molecule has 2 fully saturated rings.